The molecule has 1 aliphatic rings. The maximum atomic E-state index is 12.7. The van der Waals surface area contributed by atoms with Gasteiger partial charge in [0.05, 0.1) is 29.6 Å². The number of hydrogen-bond acceptors (Lipinski definition) is 7. The van der Waals surface area contributed by atoms with E-state index in [0.29, 0.717) is 27.7 Å². The number of ether oxygens (including phenoxy) is 2. The molecule has 0 radical (unpaired) electrons. The molecule has 162 valence electrons. The van der Waals surface area contributed by atoms with Crippen LogP contribution < -0.4 is 9.46 Å². The van der Waals surface area contributed by atoms with Crippen molar-refractivity contribution < 1.29 is 17.9 Å². The number of halogens is 1. The third-order valence-electron chi connectivity index (χ3n) is 4.81. The minimum Gasteiger partial charge on any atom is -0.435 e. The fourth-order valence-electron chi connectivity index (χ4n) is 3.20. The van der Waals surface area contributed by atoms with Gasteiger partial charge in [0.1, 0.15) is 10.9 Å². The number of anilines is 1. The summed E-state index contributed by atoms with van der Waals surface area (Å²) in [6.07, 6.45) is 3.15. The molecule has 1 aliphatic heterocycles. The molecule has 0 unspecified atom stereocenters. The lowest BCUT2D eigenvalue weighted by molar-refractivity contribution is 0.0418. The molecule has 0 aliphatic carbocycles. The van der Waals surface area contributed by atoms with Gasteiger partial charge >= 0.3 is 0 Å². The van der Waals surface area contributed by atoms with Crippen molar-refractivity contribution in [2.24, 2.45) is 0 Å². The van der Waals surface area contributed by atoms with Crippen LogP contribution in [0.2, 0.25) is 5.02 Å². The van der Waals surface area contributed by atoms with Crippen LogP contribution in [0.25, 0.3) is 11.3 Å². The van der Waals surface area contributed by atoms with E-state index in [1.165, 1.54) is 6.20 Å². The van der Waals surface area contributed by atoms with E-state index < -0.39 is 15.3 Å². The minimum absolute atomic E-state index is 0.109. The predicted octanol–water partition coefficient (Wildman–Crippen LogP) is 4.05. The van der Waals surface area contributed by atoms with Crippen molar-refractivity contribution in [3.05, 3.63) is 58.6 Å². The van der Waals surface area contributed by atoms with Gasteiger partial charge in [0.2, 0.25) is 15.9 Å². The normalized spacial score (nSPS) is 14.2. The van der Waals surface area contributed by atoms with E-state index in [4.69, 9.17) is 21.1 Å². The number of pyridine rings is 3. The van der Waals surface area contributed by atoms with Gasteiger partial charge in [-0.15, -0.1) is 0 Å². The third-order valence-corrected chi connectivity index (χ3v) is 6.68. The van der Waals surface area contributed by atoms with E-state index in [-0.39, 0.29) is 24.8 Å². The summed E-state index contributed by atoms with van der Waals surface area (Å²) in [6.45, 7) is 5.94. The van der Waals surface area contributed by atoms with Crippen molar-refractivity contribution in [1.82, 2.24) is 15.0 Å². The van der Waals surface area contributed by atoms with Gasteiger partial charge in [-0.1, -0.05) is 11.6 Å². The van der Waals surface area contributed by atoms with Crippen molar-refractivity contribution >= 4 is 27.3 Å². The number of aromatic nitrogens is 3. The summed E-state index contributed by atoms with van der Waals surface area (Å²) in [5.41, 5.74) is 3.84. The Kier molecular flexibility index (Phi) is 5.83. The molecule has 3 aromatic rings. The maximum Gasteiger partial charge on any atom is 0.244 e. The summed E-state index contributed by atoms with van der Waals surface area (Å²) < 4.78 is 39.0. The highest BCUT2D eigenvalue weighted by Gasteiger charge is 2.33. The second-order valence-corrected chi connectivity index (χ2v) is 9.74. The standard InChI is InChI=1S/C21H21ClN4O4S/c1-12-6-13(2)24-14(3)20(12)30-21-19(26-31(27,28)17-10-29-11-17)5-4-18(25-21)15-7-16(22)9-23-8-15/h4-9,17,26H,10-11H2,1-3H3. The summed E-state index contributed by atoms with van der Waals surface area (Å²) in [5, 5.41) is -0.146. The zero-order valence-electron chi connectivity index (χ0n) is 17.2. The van der Waals surface area contributed by atoms with Crippen molar-refractivity contribution in [2.45, 2.75) is 26.0 Å². The molecular weight excluding hydrogens is 440 g/mol. The molecule has 0 amide bonds. The molecule has 0 saturated carbocycles. The fraction of sp³-hybridized carbons (Fsp3) is 0.286. The molecule has 0 bridgehead atoms. The third kappa shape index (κ3) is 4.63. The Balaban J connectivity index is 1.77. The molecule has 10 heteroatoms. The minimum atomic E-state index is -3.65. The molecule has 1 N–H and O–H groups in total. The number of sulfonamides is 1. The summed E-state index contributed by atoms with van der Waals surface area (Å²) in [6, 6.07) is 6.91. The van der Waals surface area contributed by atoms with Gasteiger partial charge in [-0.05, 0) is 50.6 Å². The van der Waals surface area contributed by atoms with E-state index in [9.17, 15) is 8.42 Å². The molecule has 8 nitrogen and oxygen atoms in total. The van der Waals surface area contributed by atoms with E-state index in [1.807, 2.05) is 26.8 Å². The van der Waals surface area contributed by atoms with Crippen LogP contribution in [0.4, 0.5) is 5.69 Å². The monoisotopic (exact) mass is 460 g/mol. The smallest absolute Gasteiger partial charge is 0.244 e. The van der Waals surface area contributed by atoms with Crippen LogP contribution in [0, 0.1) is 20.8 Å². The van der Waals surface area contributed by atoms with Gasteiger partial charge < -0.3 is 9.47 Å². The lowest BCUT2D eigenvalue weighted by atomic mass is 10.2. The first-order valence-electron chi connectivity index (χ1n) is 9.57. The molecule has 0 atom stereocenters. The van der Waals surface area contributed by atoms with Crippen LogP contribution in [0.1, 0.15) is 17.0 Å². The van der Waals surface area contributed by atoms with Crippen molar-refractivity contribution in [1.29, 1.82) is 0 Å². The predicted molar refractivity (Wildman–Crippen MR) is 118 cm³/mol. The number of nitrogens with zero attached hydrogens (tertiary/aromatic N) is 3. The van der Waals surface area contributed by atoms with Gasteiger partial charge in [-0.25, -0.2) is 13.4 Å². The van der Waals surface area contributed by atoms with E-state index >= 15 is 0 Å². The van der Waals surface area contributed by atoms with Crippen LogP contribution >= 0.6 is 11.6 Å². The fourth-order valence-corrected chi connectivity index (χ4v) is 4.55. The van der Waals surface area contributed by atoms with Crippen LogP contribution in [0.5, 0.6) is 11.6 Å². The first-order valence-corrected chi connectivity index (χ1v) is 11.5. The Hall–Kier alpha value is -2.75. The zero-order valence-corrected chi connectivity index (χ0v) is 18.8. The van der Waals surface area contributed by atoms with Crippen molar-refractivity contribution in [3.63, 3.8) is 0 Å². The lowest BCUT2D eigenvalue weighted by Gasteiger charge is -2.26. The molecule has 1 saturated heterocycles. The summed E-state index contributed by atoms with van der Waals surface area (Å²) in [5.74, 6) is 0.630. The lowest BCUT2D eigenvalue weighted by Crippen LogP contribution is -2.43. The highest BCUT2D eigenvalue weighted by atomic mass is 35.5. The summed E-state index contributed by atoms with van der Waals surface area (Å²) >= 11 is 6.06. The Labute approximate surface area is 185 Å². The van der Waals surface area contributed by atoms with Crippen LogP contribution in [-0.2, 0) is 14.8 Å². The largest absolute Gasteiger partial charge is 0.435 e. The second-order valence-electron chi connectivity index (χ2n) is 7.34. The van der Waals surface area contributed by atoms with Gasteiger partial charge in [-0.3, -0.25) is 14.7 Å². The van der Waals surface area contributed by atoms with Gasteiger partial charge in [0.25, 0.3) is 0 Å². The highest BCUT2D eigenvalue weighted by molar-refractivity contribution is 7.93. The van der Waals surface area contributed by atoms with E-state index in [1.54, 1.807) is 24.4 Å². The average molecular weight is 461 g/mol. The number of rotatable bonds is 6. The number of nitrogens with one attached hydrogen (secondary N) is 1. The maximum absolute atomic E-state index is 12.7. The molecule has 3 aromatic heterocycles. The van der Waals surface area contributed by atoms with Gasteiger partial charge in [-0.2, -0.15) is 0 Å². The molecule has 1 fully saturated rings. The Morgan fingerprint density at radius 3 is 2.55 bits per heavy atom. The van der Waals surface area contributed by atoms with Crippen LogP contribution in [0.3, 0.4) is 0 Å². The first-order chi connectivity index (χ1) is 14.7. The van der Waals surface area contributed by atoms with Crippen LogP contribution in [0.15, 0.2) is 36.7 Å². The topological polar surface area (TPSA) is 103 Å². The van der Waals surface area contributed by atoms with Crippen molar-refractivity contribution in [3.8, 4) is 22.9 Å². The quantitative estimate of drug-likeness (QED) is 0.591. The Morgan fingerprint density at radius 2 is 1.90 bits per heavy atom. The molecule has 0 aromatic carbocycles. The molecule has 4 heterocycles. The van der Waals surface area contributed by atoms with E-state index in [0.717, 1.165) is 11.3 Å². The SMILES string of the molecule is Cc1cc(C)c(Oc2nc(-c3cncc(Cl)c3)ccc2NS(=O)(=O)C2COC2)c(C)n1. The average Bonchev–Trinajstić information content (AvgIpc) is 2.63. The molecule has 4 rings (SSSR count). The number of hydrogen-bond donors (Lipinski definition) is 1. The molecular formula is C21H21ClN4O4S. The summed E-state index contributed by atoms with van der Waals surface area (Å²) in [4.78, 5) is 13.1. The highest BCUT2D eigenvalue weighted by Crippen LogP contribution is 2.35. The Morgan fingerprint density at radius 1 is 1.13 bits per heavy atom. The molecule has 31 heavy (non-hydrogen) atoms. The van der Waals surface area contributed by atoms with Crippen molar-refractivity contribution in [2.75, 3.05) is 17.9 Å². The van der Waals surface area contributed by atoms with Gasteiger partial charge in [0.15, 0.2) is 5.75 Å². The van der Waals surface area contributed by atoms with Crippen LogP contribution in [-0.4, -0.2) is 41.8 Å². The molecule has 0 spiro atoms. The van der Waals surface area contributed by atoms with Gasteiger partial charge in [0, 0.05) is 23.7 Å². The first kappa shape index (κ1) is 21.5. The summed E-state index contributed by atoms with van der Waals surface area (Å²) in [7, 11) is -3.65. The van der Waals surface area contributed by atoms with E-state index in [2.05, 4.69) is 19.7 Å². The Bertz CT molecular complexity index is 1220. The number of aryl methyl sites for hydroxylation is 3. The zero-order chi connectivity index (χ0) is 22.2. The second kappa shape index (κ2) is 8.41.